The minimum Gasteiger partial charge on any atom is -0.465 e. The van der Waals surface area contributed by atoms with Crippen LogP contribution in [0, 0.1) is 0 Å². The van der Waals surface area contributed by atoms with E-state index in [2.05, 4.69) is 34.9 Å². The number of amides is 2. The van der Waals surface area contributed by atoms with Crippen molar-refractivity contribution in [3.63, 3.8) is 0 Å². The van der Waals surface area contributed by atoms with E-state index in [4.69, 9.17) is 4.74 Å². The molecule has 0 aliphatic heterocycles. The Morgan fingerprint density at radius 1 is 0.857 bits per heavy atom. The minimum atomic E-state index is -0.447. The Labute approximate surface area is 164 Å². The molecule has 0 heterocycles. The van der Waals surface area contributed by atoms with E-state index in [0.717, 1.165) is 11.1 Å². The maximum atomic E-state index is 12.4. The number of nitrogens with one attached hydrogen (secondary N) is 2. The first kappa shape index (κ1) is 19.2. The topological polar surface area (TPSA) is 67.4 Å². The molecule has 2 amide bonds. The van der Waals surface area contributed by atoms with Gasteiger partial charge >= 0.3 is 12.0 Å². The number of urea groups is 1. The number of hydrogen-bond acceptors (Lipinski definition) is 3. The van der Waals surface area contributed by atoms with E-state index in [9.17, 15) is 9.59 Å². The Balaban J connectivity index is 1.68. The highest BCUT2D eigenvalue weighted by atomic mass is 16.5. The van der Waals surface area contributed by atoms with Gasteiger partial charge in [-0.05, 0) is 29.3 Å². The van der Waals surface area contributed by atoms with Crippen LogP contribution in [0.4, 0.5) is 10.5 Å². The van der Waals surface area contributed by atoms with Gasteiger partial charge in [0.05, 0.1) is 12.7 Å². The maximum absolute atomic E-state index is 12.4. The Bertz CT molecular complexity index is 887. The van der Waals surface area contributed by atoms with Crippen LogP contribution in [-0.2, 0) is 4.74 Å². The number of carbonyl (C=O) groups is 2. The highest BCUT2D eigenvalue weighted by molar-refractivity contribution is 5.93. The van der Waals surface area contributed by atoms with Crippen LogP contribution in [0.2, 0.25) is 0 Å². The second kappa shape index (κ2) is 9.37. The normalized spacial score (nSPS) is 10.4. The number of ether oxygens (including phenoxy) is 1. The van der Waals surface area contributed by atoms with Gasteiger partial charge in [0, 0.05) is 18.2 Å². The molecule has 0 aromatic heterocycles. The average Bonchev–Trinajstić information content (AvgIpc) is 2.75. The lowest BCUT2D eigenvalue weighted by Crippen LogP contribution is -2.32. The molecule has 0 saturated carbocycles. The Hall–Kier alpha value is -3.60. The third-order valence-electron chi connectivity index (χ3n) is 4.41. The Morgan fingerprint density at radius 2 is 1.46 bits per heavy atom. The molecule has 0 saturated heterocycles. The molecule has 0 aliphatic carbocycles. The average molecular weight is 374 g/mol. The van der Waals surface area contributed by atoms with Gasteiger partial charge in [0.15, 0.2) is 0 Å². The zero-order chi connectivity index (χ0) is 19.8. The van der Waals surface area contributed by atoms with Crippen molar-refractivity contribution in [1.82, 2.24) is 5.32 Å². The highest BCUT2D eigenvalue weighted by Crippen LogP contribution is 2.23. The van der Waals surface area contributed by atoms with Crippen LogP contribution >= 0.6 is 0 Å². The van der Waals surface area contributed by atoms with Gasteiger partial charge in [-0.3, -0.25) is 0 Å². The second-order valence-corrected chi connectivity index (χ2v) is 6.28. The summed E-state index contributed by atoms with van der Waals surface area (Å²) in [6.45, 7) is 0.441. The molecule has 5 nitrogen and oxygen atoms in total. The van der Waals surface area contributed by atoms with E-state index in [1.807, 2.05) is 36.4 Å². The van der Waals surface area contributed by atoms with Crippen LogP contribution in [0.25, 0.3) is 0 Å². The molecule has 0 spiro atoms. The Kier molecular flexibility index (Phi) is 6.41. The first-order chi connectivity index (χ1) is 13.7. The first-order valence-corrected chi connectivity index (χ1v) is 9.00. The fourth-order valence-corrected chi connectivity index (χ4v) is 3.01. The van der Waals surface area contributed by atoms with Crippen molar-refractivity contribution in [2.45, 2.75) is 5.92 Å². The minimum absolute atomic E-state index is 0.0366. The molecule has 0 bridgehead atoms. The molecule has 142 valence electrons. The smallest absolute Gasteiger partial charge is 0.337 e. The Morgan fingerprint density at radius 3 is 2.04 bits per heavy atom. The fraction of sp³-hybridized carbons (Fsp3) is 0.130. The van der Waals surface area contributed by atoms with Gasteiger partial charge < -0.3 is 15.4 Å². The van der Waals surface area contributed by atoms with Crippen LogP contribution in [0.3, 0.4) is 0 Å². The largest absolute Gasteiger partial charge is 0.465 e. The molecule has 0 fully saturated rings. The van der Waals surface area contributed by atoms with Gasteiger partial charge in [-0.1, -0.05) is 66.7 Å². The lowest BCUT2D eigenvalue weighted by molar-refractivity contribution is 0.0600. The summed E-state index contributed by atoms with van der Waals surface area (Å²) in [6, 6.07) is 26.4. The van der Waals surface area contributed by atoms with Crippen molar-refractivity contribution >= 4 is 17.7 Å². The molecule has 5 heteroatoms. The number of methoxy groups -OCH3 is 1. The molecule has 0 atom stereocenters. The molecule has 28 heavy (non-hydrogen) atoms. The summed E-state index contributed by atoms with van der Waals surface area (Å²) in [7, 11) is 1.32. The summed E-state index contributed by atoms with van der Waals surface area (Å²) in [5.74, 6) is -0.410. The standard InChI is InChI=1S/C23H22N2O3/c1-28-22(26)19-13-8-14-20(15-19)25-23(27)24-16-21(17-9-4-2-5-10-17)18-11-6-3-7-12-18/h2-15,21H,16H2,1H3,(H2,24,25,27). The van der Waals surface area contributed by atoms with E-state index < -0.39 is 5.97 Å². The lowest BCUT2D eigenvalue weighted by Gasteiger charge is -2.19. The van der Waals surface area contributed by atoms with Crippen LogP contribution < -0.4 is 10.6 Å². The summed E-state index contributed by atoms with van der Waals surface area (Å²) in [5.41, 5.74) is 3.16. The first-order valence-electron chi connectivity index (χ1n) is 9.00. The molecule has 2 N–H and O–H groups in total. The highest BCUT2D eigenvalue weighted by Gasteiger charge is 2.15. The van der Waals surface area contributed by atoms with E-state index >= 15 is 0 Å². The molecule has 0 aliphatic rings. The number of carbonyl (C=O) groups excluding carboxylic acids is 2. The van der Waals surface area contributed by atoms with Crippen molar-refractivity contribution < 1.29 is 14.3 Å². The van der Waals surface area contributed by atoms with Gasteiger partial charge in [-0.25, -0.2) is 9.59 Å². The van der Waals surface area contributed by atoms with Crippen molar-refractivity contribution in [2.24, 2.45) is 0 Å². The zero-order valence-corrected chi connectivity index (χ0v) is 15.6. The van der Waals surface area contributed by atoms with Gasteiger partial charge in [0.25, 0.3) is 0 Å². The van der Waals surface area contributed by atoms with E-state index in [1.165, 1.54) is 7.11 Å². The summed E-state index contributed by atoms with van der Waals surface area (Å²) >= 11 is 0. The third kappa shape index (κ3) is 4.98. The SMILES string of the molecule is COC(=O)c1cccc(NC(=O)NCC(c2ccccc2)c2ccccc2)c1. The van der Waals surface area contributed by atoms with Crippen molar-refractivity contribution in [3.05, 3.63) is 102 Å². The monoisotopic (exact) mass is 374 g/mol. The van der Waals surface area contributed by atoms with Crippen molar-refractivity contribution in [1.29, 1.82) is 0 Å². The van der Waals surface area contributed by atoms with Crippen molar-refractivity contribution in [2.75, 3.05) is 19.0 Å². The molecular weight excluding hydrogens is 352 g/mol. The maximum Gasteiger partial charge on any atom is 0.337 e. The van der Waals surface area contributed by atoms with Gasteiger partial charge in [0.1, 0.15) is 0 Å². The molecule has 3 aromatic rings. The van der Waals surface area contributed by atoms with Crippen LogP contribution in [0.5, 0.6) is 0 Å². The number of anilines is 1. The molecule has 3 rings (SSSR count). The number of rotatable bonds is 6. The van der Waals surface area contributed by atoms with Gasteiger partial charge in [0.2, 0.25) is 0 Å². The predicted molar refractivity (Wildman–Crippen MR) is 110 cm³/mol. The van der Waals surface area contributed by atoms with Crippen LogP contribution in [0.1, 0.15) is 27.4 Å². The number of benzene rings is 3. The summed E-state index contributed by atoms with van der Waals surface area (Å²) in [6.07, 6.45) is 0. The fourth-order valence-electron chi connectivity index (χ4n) is 3.01. The second-order valence-electron chi connectivity index (χ2n) is 6.28. The van der Waals surface area contributed by atoms with Gasteiger partial charge in [-0.2, -0.15) is 0 Å². The molecule has 0 radical (unpaired) electrons. The number of hydrogen-bond donors (Lipinski definition) is 2. The third-order valence-corrected chi connectivity index (χ3v) is 4.41. The van der Waals surface area contributed by atoms with Crippen molar-refractivity contribution in [3.8, 4) is 0 Å². The molecule has 3 aromatic carbocycles. The van der Waals surface area contributed by atoms with E-state index in [1.54, 1.807) is 24.3 Å². The molecule has 0 unspecified atom stereocenters. The van der Waals surface area contributed by atoms with Gasteiger partial charge in [-0.15, -0.1) is 0 Å². The lowest BCUT2D eigenvalue weighted by atomic mass is 9.91. The zero-order valence-electron chi connectivity index (χ0n) is 15.6. The quantitative estimate of drug-likeness (QED) is 0.628. The summed E-state index contributed by atoms with van der Waals surface area (Å²) in [4.78, 5) is 24.0. The molecular formula is C23H22N2O3. The van der Waals surface area contributed by atoms with E-state index in [0.29, 0.717) is 17.8 Å². The van der Waals surface area contributed by atoms with Crippen LogP contribution in [-0.4, -0.2) is 25.7 Å². The van der Waals surface area contributed by atoms with Crippen LogP contribution in [0.15, 0.2) is 84.9 Å². The summed E-state index contributed by atoms with van der Waals surface area (Å²) < 4.78 is 4.71. The van der Waals surface area contributed by atoms with E-state index in [-0.39, 0.29) is 11.9 Å². The summed E-state index contributed by atoms with van der Waals surface area (Å²) in [5, 5.41) is 5.69. The number of esters is 1. The predicted octanol–water partition coefficient (Wildman–Crippen LogP) is 4.43.